The molecule has 1 aliphatic rings. The van der Waals surface area contributed by atoms with Crippen molar-refractivity contribution in [2.45, 2.75) is 32.1 Å². The zero-order chi connectivity index (χ0) is 10.7. The maximum atomic E-state index is 11.9. The van der Waals surface area contributed by atoms with E-state index in [1.165, 1.54) is 0 Å². The molecule has 0 aliphatic carbocycles. The van der Waals surface area contributed by atoms with Crippen molar-refractivity contribution in [1.29, 1.82) is 0 Å². The molecule has 0 saturated carbocycles. The van der Waals surface area contributed by atoms with Gasteiger partial charge in [0.25, 0.3) is 0 Å². The van der Waals surface area contributed by atoms with E-state index < -0.39 is 0 Å². The summed E-state index contributed by atoms with van der Waals surface area (Å²) in [6, 6.07) is -0.328. The van der Waals surface area contributed by atoms with Gasteiger partial charge in [-0.25, -0.2) is 0 Å². The first kappa shape index (κ1) is 11.9. The summed E-state index contributed by atoms with van der Waals surface area (Å²) in [7, 11) is 0. The van der Waals surface area contributed by atoms with Crippen LogP contribution < -0.4 is 5.73 Å². The minimum atomic E-state index is -0.328. The van der Waals surface area contributed by atoms with Gasteiger partial charge in [-0.05, 0) is 5.92 Å². The molecule has 3 nitrogen and oxygen atoms in total. The third kappa shape index (κ3) is 2.89. The molecule has 1 aliphatic heterocycles. The lowest BCUT2D eigenvalue weighted by Crippen LogP contribution is -2.50. The van der Waals surface area contributed by atoms with Crippen molar-refractivity contribution in [3.05, 3.63) is 0 Å². The van der Waals surface area contributed by atoms with Crippen molar-refractivity contribution in [2.24, 2.45) is 11.7 Å². The van der Waals surface area contributed by atoms with E-state index in [0.29, 0.717) is 5.25 Å². The Hall–Kier alpha value is -0.220. The van der Waals surface area contributed by atoms with Crippen molar-refractivity contribution in [3.63, 3.8) is 0 Å². The Morgan fingerprint density at radius 3 is 2.71 bits per heavy atom. The standard InChI is InChI=1S/C10H20N2OS/c1-7(2)9(11)10(13)12-4-5-14-8(3)6-12/h7-9H,4-6,11H2,1-3H3. The summed E-state index contributed by atoms with van der Waals surface area (Å²) in [6.07, 6.45) is 0. The molecule has 1 amide bonds. The molecule has 0 radical (unpaired) electrons. The van der Waals surface area contributed by atoms with Gasteiger partial charge in [0, 0.05) is 24.1 Å². The molecule has 0 bridgehead atoms. The van der Waals surface area contributed by atoms with Crippen LogP contribution >= 0.6 is 11.8 Å². The quantitative estimate of drug-likeness (QED) is 0.747. The predicted octanol–water partition coefficient (Wildman–Crippen LogP) is 0.934. The van der Waals surface area contributed by atoms with E-state index in [1.807, 2.05) is 30.5 Å². The van der Waals surface area contributed by atoms with E-state index in [0.717, 1.165) is 18.8 Å². The highest BCUT2D eigenvalue weighted by Gasteiger charge is 2.26. The van der Waals surface area contributed by atoms with Crippen molar-refractivity contribution < 1.29 is 4.79 Å². The normalized spacial score (nSPS) is 25.2. The second-order valence-electron chi connectivity index (χ2n) is 4.24. The lowest BCUT2D eigenvalue weighted by Gasteiger charge is -2.33. The molecule has 1 saturated heterocycles. The second kappa shape index (κ2) is 5.03. The van der Waals surface area contributed by atoms with Gasteiger partial charge >= 0.3 is 0 Å². The second-order valence-corrected chi connectivity index (χ2v) is 5.78. The highest BCUT2D eigenvalue weighted by atomic mass is 32.2. The Balaban J connectivity index is 2.51. The lowest BCUT2D eigenvalue weighted by atomic mass is 10.0. The van der Waals surface area contributed by atoms with Gasteiger partial charge in [-0.15, -0.1) is 0 Å². The van der Waals surface area contributed by atoms with Crippen LogP contribution in [0.4, 0.5) is 0 Å². The number of carbonyl (C=O) groups is 1. The fraction of sp³-hybridized carbons (Fsp3) is 0.900. The average Bonchev–Trinajstić information content (AvgIpc) is 2.15. The number of amides is 1. The molecule has 14 heavy (non-hydrogen) atoms. The van der Waals surface area contributed by atoms with Gasteiger partial charge in [0.05, 0.1) is 6.04 Å². The molecule has 2 unspecified atom stereocenters. The summed E-state index contributed by atoms with van der Waals surface area (Å²) in [4.78, 5) is 13.8. The maximum Gasteiger partial charge on any atom is 0.239 e. The zero-order valence-electron chi connectivity index (χ0n) is 9.19. The van der Waals surface area contributed by atoms with Gasteiger partial charge in [0.1, 0.15) is 0 Å². The topological polar surface area (TPSA) is 46.3 Å². The van der Waals surface area contributed by atoms with Gasteiger partial charge in [0.2, 0.25) is 5.91 Å². The van der Waals surface area contributed by atoms with Gasteiger partial charge < -0.3 is 10.6 Å². The minimum Gasteiger partial charge on any atom is -0.339 e. The maximum absolute atomic E-state index is 11.9. The van der Waals surface area contributed by atoms with Gasteiger partial charge in [-0.2, -0.15) is 11.8 Å². The Kier molecular flexibility index (Phi) is 4.26. The molecule has 1 fully saturated rings. The molecule has 4 heteroatoms. The summed E-state index contributed by atoms with van der Waals surface area (Å²) >= 11 is 1.92. The van der Waals surface area contributed by atoms with E-state index in [2.05, 4.69) is 6.92 Å². The number of nitrogens with two attached hydrogens (primary N) is 1. The first-order valence-electron chi connectivity index (χ1n) is 5.18. The van der Waals surface area contributed by atoms with Crippen LogP contribution in [0.25, 0.3) is 0 Å². The summed E-state index contributed by atoms with van der Waals surface area (Å²) in [5.41, 5.74) is 5.84. The average molecular weight is 216 g/mol. The largest absolute Gasteiger partial charge is 0.339 e. The number of hydrogen-bond donors (Lipinski definition) is 1. The Morgan fingerprint density at radius 2 is 2.21 bits per heavy atom. The first-order chi connectivity index (χ1) is 6.52. The lowest BCUT2D eigenvalue weighted by molar-refractivity contribution is -0.133. The molecule has 0 aromatic rings. The van der Waals surface area contributed by atoms with Gasteiger partial charge in [-0.1, -0.05) is 20.8 Å². The minimum absolute atomic E-state index is 0.118. The molecule has 82 valence electrons. The number of nitrogens with zero attached hydrogens (tertiary/aromatic N) is 1. The Morgan fingerprint density at radius 1 is 1.57 bits per heavy atom. The zero-order valence-corrected chi connectivity index (χ0v) is 10.0. The molecular weight excluding hydrogens is 196 g/mol. The number of carbonyl (C=O) groups excluding carboxylic acids is 1. The van der Waals surface area contributed by atoms with Crippen molar-refractivity contribution in [3.8, 4) is 0 Å². The van der Waals surface area contributed by atoms with Crippen LogP contribution in [-0.4, -0.2) is 40.9 Å². The molecule has 0 aromatic carbocycles. The van der Waals surface area contributed by atoms with E-state index in [-0.39, 0.29) is 17.9 Å². The first-order valence-corrected chi connectivity index (χ1v) is 6.23. The monoisotopic (exact) mass is 216 g/mol. The number of thioether (sulfide) groups is 1. The Labute approximate surface area is 90.4 Å². The van der Waals surface area contributed by atoms with Gasteiger partial charge in [-0.3, -0.25) is 4.79 Å². The van der Waals surface area contributed by atoms with Crippen molar-refractivity contribution in [1.82, 2.24) is 4.90 Å². The van der Waals surface area contributed by atoms with Crippen LogP contribution in [0.5, 0.6) is 0 Å². The molecular formula is C10H20N2OS. The van der Waals surface area contributed by atoms with Crippen LogP contribution in [0.15, 0.2) is 0 Å². The smallest absolute Gasteiger partial charge is 0.239 e. The van der Waals surface area contributed by atoms with Crippen molar-refractivity contribution in [2.75, 3.05) is 18.8 Å². The molecule has 1 heterocycles. The fourth-order valence-electron chi connectivity index (χ4n) is 1.51. The summed E-state index contributed by atoms with van der Waals surface area (Å²) in [6.45, 7) is 7.85. The molecule has 1 rings (SSSR count). The van der Waals surface area contributed by atoms with Crippen molar-refractivity contribution >= 4 is 17.7 Å². The summed E-state index contributed by atoms with van der Waals surface area (Å²) in [5, 5.41) is 0.548. The van der Waals surface area contributed by atoms with Crippen LogP contribution in [0.2, 0.25) is 0 Å². The molecule has 0 spiro atoms. The SMILES string of the molecule is CC1CN(C(=O)C(N)C(C)C)CCS1. The highest BCUT2D eigenvalue weighted by Crippen LogP contribution is 2.18. The molecule has 2 atom stereocenters. The number of hydrogen-bond acceptors (Lipinski definition) is 3. The Bertz CT molecular complexity index is 208. The summed E-state index contributed by atoms with van der Waals surface area (Å²) < 4.78 is 0. The van der Waals surface area contributed by atoms with Gasteiger partial charge in [0.15, 0.2) is 0 Å². The van der Waals surface area contributed by atoms with Crippen LogP contribution in [0, 0.1) is 5.92 Å². The van der Waals surface area contributed by atoms with Crippen LogP contribution in [0.3, 0.4) is 0 Å². The molecule has 0 aromatic heterocycles. The third-order valence-electron chi connectivity index (χ3n) is 2.56. The summed E-state index contributed by atoms with van der Waals surface area (Å²) in [5.74, 6) is 1.39. The molecule has 2 N–H and O–H groups in total. The van der Waals surface area contributed by atoms with E-state index >= 15 is 0 Å². The predicted molar refractivity (Wildman–Crippen MR) is 61.3 cm³/mol. The van der Waals surface area contributed by atoms with Crippen LogP contribution in [0.1, 0.15) is 20.8 Å². The van der Waals surface area contributed by atoms with E-state index in [4.69, 9.17) is 5.73 Å². The van der Waals surface area contributed by atoms with Crippen LogP contribution in [-0.2, 0) is 4.79 Å². The highest BCUT2D eigenvalue weighted by molar-refractivity contribution is 7.99. The van der Waals surface area contributed by atoms with E-state index in [1.54, 1.807) is 0 Å². The number of rotatable bonds is 2. The third-order valence-corrected chi connectivity index (χ3v) is 3.69. The fourth-order valence-corrected chi connectivity index (χ4v) is 2.53. The van der Waals surface area contributed by atoms with E-state index in [9.17, 15) is 4.79 Å².